The van der Waals surface area contributed by atoms with Crippen LogP contribution in [0.3, 0.4) is 0 Å². The molecule has 1 fully saturated rings. The second-order valence-corrected chi connectivity index (χ2v) is 10.4. The second-order valence-electron chi connectivity index (χ2n) is 8.52. The van der Waals surface area contributed by atoms with E-state index in [1.165, 1.54) is 4.31 Å². The van der Waals surface area contributed by atoms with E-state index in [9.17, 15) is 13.2 Å². The van der Waals surface area contributed by atoms with E-state index < -0.39 is 10.0 Å². The zero-order valence-electron chi connectivity index (χ0n) is 18.8. The minimum absolute atomic E-state index is 0.0154. The van der Waals surface area contributed by atoms with Crippen molar-refractivity contribution in [2.24, 2.45) is 5.92 Å². The van der Waals surface area contributed by atoms with Gasteiger partial charge in [-0.3, -0.25) is 4.79 Å². The van der Waals surface area contributed by atoms with E-state index in [2.05, 4.69) is 10.5 Å². The van der Waals surface area contributed by atoms with Crippen LogP contribution in [0.15, 0.2) is 27.6 Å². The van der Waals surface area contributed by atoms with Crippen LogP contribution in [0.1, 0.15) is 54.8 Å². The van der Waals surface area contributed by atoms with Crippen LogP contribution in [0.5, 0.6) is 0 Å². The molecule has 7 nitrogen and oxygen atoms in total. The number of sulfonamides is 1. The molecule has 0 radical (unpaired) electrons. The zero-order valence-corrected chi connectivity index (χ0v) is 19.6. The molecular formula is C23H31N3O4S. The van der Waals surface area contributed by atoms with Gasteiger partial charge < -0.3 is 9.84 Å². The molecule has 0 spiro atoms. The molecule has 1 saturated heterocycles. The van der Waals surface area contributed by atoms with Crippen molar-refractivity contribution in [3.8, 4) is 0 Å². The lowest BCUT2D eigenvalue weighted by Crippen LogP contribution is -2.46. The molecule has 0 aliphatic carbocycles. The summed E-state index contributed by atoms with van der Waals surface area (Å²) in [7, 11) is -3.85. The van der Waals surface area contributed by atoms with Crippen LogP contribution < -0.4 is 5.32 Å². The first kappa shape index (κ1) is 23.2. The van der Waals surface area contributed by atoms with E-state index in [1.54, 1.807) is 13.0 Å². The summed E-state index contributed by atoms with van der Waals surface area (Å²) >= 11 is 0. The number of carbonyl (C=O) groups excluding carboxylic acids is 1. The number of rotatable bonds is 6. The minimum atomic E-state index is -3.85. The quantitative estimate of drug-likeness (QED) is 0.732. The molecule has 8 heteroatoms. The number of hydrogen-bond acceptors (Lipinski definition) is 5. The molecular weight excluding hydrogens is 414 g/mol. The lowest BCUT2D eigenvalue weighted by molar-refractivity contribution is -0.126. The van der Waals surface area contributed by atoms with Gasteiger partial charge in [-0.05, 0) is 64.7 Å². The van der Waals surface area contributed by atoms with Crippen molar-refractivity contribution in [2.75, 3.05) is 13.1 Å². The Kier molecular flexibility index (Phi) is 7.01. The third kappa shape index (κ3) is 5.25. The van der Waals surface area contributed by atoms with Crippen LogP contribution in [-0.2, 0) is 14.8 Å². The highest BCUT2D eigenvalue weighted by Crippen LogP contribution is 2.29. The summed E-state index contributed by atoms with van der Waals surface area (Å²) in [6.45, 7) is 9.95. The van der Waals surface area contributed by atoms with Crippen LogP contribution in [0.2, 0.25) is 0 Å². The average Bonchev–Trinajstić information content (AvgIpc) is 3.09. The molecule has 1 amide bonds. The Morgan fingerprint density at radius 2 is 2.00 bits per heavy atom. The summed E-state index contributed by atoms with van der Waals surface area (Å²) in [4.78, 5) is 12.5. The molecule has 1 aromatic heterocycles. The average molecular weight is 446 g/mol. The van der Waals surface area contributed by atoms with Gasteiger partial charge in [0.25, 0.3) is 0 Å². The highest BCUT2D eigenvalue weighted by atomic mass is 32.2. The smallest absolute Gasteiger partial charge is 0.248 e. The number of amides is 1. The molecule has 1 N–H and O–H groups in total. The maximum atomic E-state index is 13.5. The fourth-order valence-electron chi connectivity index (χ4n) is 3.81. The summed E-state index contributed by atoms with van der Waals surface area (Å²) in [5.74, 6) is -0.265. The van der Waals surface area contributed by atoms with Crippen molar-refractivity contribution >= 4 is 28.1 Å². The SMILES string of the molecule is Cc1ccc(C)c(/C=C/c2onc(C)c2S(=O)(=O)N2CCCC(C(=O)NC(C)C)C2)c1. The van der Waals surface area contributed by atoms with Crippen LogP contribution >= 0.6 is 0 Å². The number of piperidine rings is 1. The summed E-state index contributed by atoms with van der Waals surface area (Å²) in [5.41, 5.74) is 3.50. The minimum Gasteiger partial charge on any atom is -0.355 e. The van der Waals surface area contributed by atoms with Crippen molar-refractivity contribution in [3.63, 3.8) is 0 Å². The molecule has 31 heavy (non-hydrogen) atoms. The fourth-order valence-corrected chi connectivity index (χ4v) is 5.58. The van der Waals surface area contributed by atoms with E-state index >= 15 is 0 Å². The van der Waals surface area contributed by atoms with E-state index in [-0.39, 0.29) is 35.1 Å². The van der Waals surface area contributed by atoms with Crippen molar-refractivity contribution in [1.82, 2.24) is 14.8 Å². The normalized spacial score (nSPS) is 18.1. The lowest BCUT2D eigenvalue weighted by atomic mass is 9.98. The first-order valence-electron chi connectivity index (χ1n) is 10.6. The van der Waals surface area contributed by atoms with Crippen LogP contribution in [0, 0.1) is 26.7 Å². The first-order valence-corrected chi connectivity index (χ1v) is 12.1. The van der Waals surface area contributed by atoms with Crippen molar-refractivity contribution in [3.05, 3.63) is 46.3 Å². The number of nitrogens with zero attached hydrogens (tertiary/aromatic N) is 2. The van der Waals surface area contributed by atoms with Crippen molar-refractivity contribution in [1.29, 1.82) is 0 Å². The Bertz CT molecular complexity index is 1090. The van der Waals surface area contributed by atoms with Crippen LogP contribution in [0.25, 0.3) is 12.2 Å². The number of carbonyl (C=O) groups is 1. The molecule has 3 rings (SSSR count). The molecule has 1 atom stereocenters. The van der Waals surface area contributed by atoms with Gasteiger partial charge in [0.2, 0.25) is 15.9 Å². The molecule has 2 heterocycles. The largest absolute Gasteiger partial charge is 0.355 e. The van der Waals surface area contributed by atoms with Gasteiger partial charge in [0.15, 0.2) is 10.7 Å². The third-order valence-electron chi connectivity index (χ3n) is 5.47. The van der Waals surface area contributed by atoms with Gasteiger partial charge in [0, 0.05) is 19.1 Å². The van der Waals surface area contributed by atoms with E-state index in [0.717, 1.165) is 16.7 Å². The highest BCUT2D eigenvalue weighted by molar-refractivity contribution is 7.89. The molecule has 1 aliphatic rings. The highest BCUT2D eigenvalue weighted by Gasteiger charge is 2.37. The molecule has 2 aromatic rings. The Labute approximate surface area is 184 Å². The second kappa shape index (κ2) is 9.36. The molecule has 0 saturated carbocycles. The number of nitrogens with one attached hydrogen (secondary N) is 1. The maximum Gasteiger partial charge on any atom is 0.248 e. The lowest BCUT2D eigenvalue weighted by Gasteiger charge is -2.31. The Morgan fingerprint density at radius 1 is 1.26 bits per heavy atom. The molecule has 1 aromatic carbocycles. The van der Waals surface area contributed by atoms with Crippen molar-refractivity contribution in [2.45, 2.75) is 58.4 Å². The van der Waals surface area contributed by atoms with E-state index in [4.69, 9.17) is 4.52 Å². The number of aromatic nitrogens is 1. The predicted octanol–water partition coefficient (Wildman–Crippen LogP) is 3.70. The zero-order chi connectivity index (χ0) is 22.8. The van der Waals surface area contributed by atoms with Crippen molar-refractivity contribution < 1.29 is 17.7 Å². The number of benzene rings is 1. The van der Waals surface area contributed by atoms with Gasteiger partial charge in [-0.25, -0.2) is 8.42 Å². The molecule has 1 aliphatic heterocycles. The fraction of sp³-hybridized carbons (Fsp3) is 0.478. The maximum absolute atomic E-state index is 13.5. The van der Waals surface area contributed by atoms with Gasteiger partial charge in [-0.1, -0.05) is 35.0 Å². The van der Waals surface area contributed by atoms with Gasteiger partial charge >= 0.3 is 0 Å². The first-order chi connectivity index (χ1) is 14.6. The summed E-state index contributed by atoms with van der Waals surface area (Å²) in [6, 6.07) is 6.10. The Morgan fingerprint density at radius 3 is 2.71 bits per heavy atom. The van der Waals surface area contributed by atoms with Gasteiger partial charge in [-0.15, -0.1) is 0 Å². The Hall–Kier alpha value is -2.45. The Balaban J connectivity index is 1.88. The van der Waals surface area contributed by atoms with Gasteiger partial charge in [-0.2, -0.15) is 4.31 Å². The molecule has 0 bridgehead atoms. The standard InChI is InChI=1S/C23H31N3O4S/c1-15(2)24-23(27)20-7-6-12-26(14-20)31(28,29)22-18(5)25-30-21(22)11-10-19-13-16(3)8-9-17(19)4/h8-11,13,15,20H,6-7,12,14H2,1-5H3,(H,24,27)/b11-10+. The summed E-state index contributed by atoms with van der Waals surface area (Å²) < 4.78 is 33.7. The van der Waals surface area contributed by atoms with Gasteiger partial charge in [0.1, 0.15) is 5.69 Å². The number of hydrogen-bond donors (Lipinski definition) is 1. The van der Waals surface area contributed by atoms with Crippen LogP contribution in [-0.4, -0.2) is 42.9 Å². The van der Waals surface area contributed by atoms with Gasteiger partial charge in [0.05, 0.1) is 5.92 Å². The molecule has 1 unspecified atom stereocenters. The monoisotopic (exact) mass is 445 g/mol. The van der Waals surface area contributed by atoms with Crippen LogP contribution in [0.4, 0.5) is 0 Å². The van der Waals surface area contributed by atoms with E-state index in [0.29, 0.717) is 25.1 Å². The predicted molar refractivity (Wildman–Crippen MR) is 121 cm³/mol. The third-order valence-corrected chi connectivity index (χ3v) is 7.49. The topological polar surface area (TPSA) is 92.5 Å². The molecule has 168 valence electrons. The van der Waals surface area contributed by atoms with E-state index in [1.807, 2.05) is 52.0 Å². The number of aryl methyl sites for hydroxylation is 3. The summed E-state index contributed by atoms with van der Waals surface area (Å²) in [5, 5.41) is 6.80. The summed E-state index contributed by atoms with van der Waals surface area (Å²) in [6.07, 6.45) is 4.80.